The van der Waals surface area contributed by atoms with Crippen molar-refractivity contribution < 1.29 is 0 Å². The number of aryl methyl sites for hydroxylation is 1. The maximum absolute atomic E-state index is 2.52. The van der Waals surface area contributed by atoms with Gasteiger partial charge < -0.3 is 4.90 Å². The van der Waals surface area contributed by atoms with Crippen LogP contribution in [-0.2, 0) is 0 Å². The third kappa shape index (κ3) is 2.79. The minimum Gasteiger partial charge on any atom is -0.370 e. The third-order valence-corrected chi connectivity index (χ3v) is 12.0. The molecular formula is C24H31NSi2. The first-order chi connectivity index (χ1) is 12.6. The normalized spacial score (nSPS) is 20.3. The van der Waals surface area contributed by atoms with E-state index in [1.807, 2.05) is 0 Å². The maximum atomic E-state index is 2.52. The Hall–Kier alpha value is -1.85. The molecule has 2 heterocycles. The highest BCUT2D eigenvalue weighted by Gasteiger charge is 2.41. The summed E-state index contributed by atoms with van der Waals surface area (Å²) in [6.07, 6.45) is 7.27. The Labute approximate surface area is 166 Å². The molecule has 2 aromatic rings. The maximum Gasteiger partial charge on any atom is 0.114 e. The van der Waals surface area contributed by atoms with E-state index in [2.05, 4.69) is 106 Å². The molecule has 3 heteroatoms. The molecule has 1 unspecified atom stereocenters. The second-order valence-electron chi connectivity index (χ2n) is 9.69. The Kier molecular flexibility index (Phi) is 4.17. The van der Waals surface area contributed by atoms with E-state index < -0.39 is 16.1 Å². The van der Waals surface area contributed by atoms with Gasteiger partial charge in [-0.15, -0.1) is 0 Å². The summed E-state index contributed by atoms with van der Waals surface area (Å²) >= 11 is 0. The van der Waals surface area contributed by atoms with E-state index in [0.29, 0.717) is 6.04 Å². The Morgan fingerprint density at radius 1 is 0.963 bits per heavy atom. The van der Waals surface area contributed by atoms with Crippen LogP contribution in [0.15, 0.2) is 59.9 Å². The zero-order chi connectivity index (χ0) is 19.6. The van der Waals surface area contributed by atoms with Crippen molar-refractivity contribution >= 4 is 26.5 Å². The van der Waals surface area contributed by atoms with Gasteiger partial charge in [0, 0.05) is 7.05 Å². The summed E-state index contributed by atoms with van der Waals surface area (Å²) in [4.78, 5) is 2.45. The Morgan fingerprint density at radius 3 is 2.33 bits per heavy atom. The minimum absolute atomic E-state index is 0.334. The van der Waals surface area contributed by atoms with Crippen LogP contribution < -0.4 is 10.4 Å². The van der Waals surface area contributed by atoms with Gasteiger partial charge in [-0.2, -0.15) is 0 Å². The highest BCUT2D eigenvalue weighted by atomic mass is 28.3. The summed E-state index contributed by atoms with van der Waals surface area (Å²) in [6.45, 7) is 14.6. The van der Waals surface area contributed by atoms with Crippen LogP contribution in [0.1, 0.15) is 17.2 Å². The number of nitrogens with zero attached hydrogens (tertiary/aromatic N) is 1. The molecule has 0 bridgehead atoms. The minimum atomic E-state index is -1.70. The van der Waals surface area contributed by atoms with Crippen LogP contribution >= 0.6 is 0 Å². The van der Waals surface area contributed by atoms with Crippen molar-refractivity contribution in [3.05, 3.63) is 71.1 Å². The van der Waals surface area contributed by atoms with Gasteiger partial charge in [-0.3, -0.25) is 0 Å². The van der Waals surface area contributed by atoms with Crippen LogP contribution in [0.2, 0.25) is 32.7 Å². The van der Waals surface area contributed by atoms with Crippen LogP contribution in [0.25, 0.3) is 11.1 Å². The van der Waals surface area contributed by atoms with Crippen molar-refractivity contribution in [1.29, 1.82) is 0 Å². The van der Waals surface area contributed by atoms with Crippen LogP contribution in [-0.4, -0.2) is 28.1 Å². The molecule has 2 aliphatic rings. The summed E-state index contributed by atoms with van der Waals surface area (Å²) in [5.74, 6) is 0. The average Bonchev–Trinajstić information content (AvgIpc) is 2.83. The second-order valence-corrected chi connectivity index (χ2v) is 19.1. The molecule has 0 spiro atoms. The molecule has 0 radical (unpaired) electrons. The molecule has 140 valence electrons. The van der Waals surface area contributed by atoms with Crippen molar-refractivity contribution in [2.45, 2.75) is 45.7 Å². The summed E-state index contributed by atoms with van der Waals surface area (Å²) < 4.78 is 0. The summed E-state index contributed by atoms with van der Waals surface area (Å²) in [5.41, 5.74) is 5.91. The Bertz CT molecular complexity index is 976. The van der Waals surface area contributed by atoms with E-state index in [1.165, 1.54) is 21.9 Å². The zero-order valence-corrected chi connectivity index (χ0v) is 19.7. The fourth-order valence-electron chi connectivity index (χ4n) is 4.82. The highest BCUT2D eigenvalue weighted by Crippen LogP contribution is 2.37. The lowest BCUT2D eigenvalue weighted by molar-refractivity contribution is 0.388. The average molecular weight is 390 g/mol. The molecule has 0 N–H and O–H groups in total. The van der Waals surface area contributed by atoms with Crippen molar-refractivity contribution in [2.75, 3.05) is 7.05 Å². The smallest absolute Gasteiger partial charge is 0.114 e. The van der Waals surface area contributed by atoms with E-state index in [9.17, 15) is 0 Å². The van der Waals surface area contributed by atoms with E-state index in [-0.39, 0.29) is 0 Å². The number of hydrogen-bond acceptors (Lipinski definition) is 1. The summed E-state index contributed by atoms with van der Waals surface area (Å²) in [7, 11) is -0.745. The van der Waals surface area contributed by atoms with E-state index >= 15 is 0 Å². The molecule has 4 rings (SSSR count). The Morgan fingerprint density at radius 2 is 1.67 bits per heavy atom. The molecule has 0 fully saturated rings. The quantitative estimate of drug-likeness (QED) is 0.646. The standard InChI is InChI=1S/C24H31NSi2/c1-17-12-14-20-19-10-8-9-11-22(19)27(6,7)24(20)23(17)21-15-13-18(16-25(21)2)26(3,4)5/h8-16,21H,1-7H3. The van der Waals surface area contributed by atoms with Crippen LogP contribution in [0, 0.1) is 6.92 Å². The SMILES string of the molecule is Cc1ccc2c(c1C1C=CC([Si](C)(C)C)=CN1C)[Si](C)(C)c1ccccc1-2. The van der Waals surface area contributed by atoms with Crippen molar-refractivity contribution in [3.8, 4) is 11.1 Å². The molecule has 0 saturated heterocycles. The largest absolute Gasteiger partial charge is 0.370 e. The van der Waals surface area contributed by atoms with Crippen molar-refractivity contribution in [2.24, 2.45) is 0 Å². The second kappa shape index (κ2) is 6.08. The van der Waals surface area contributed by atoms with E-state index in [1.54, 1.807) is 15.9 Å². The Balaban J connectivity index is 1.89. The molecule has 0 amide bonds. The highest BCUT2D eigenvalue weighted by molar-refractivity contribution is 7.04. The fourth-order valence-corrected chi connectivity index (χ4v) is 9.59. The number of hydrogen-bond donors (Lipinski definition) is 0. The van der Waals surface area contributed by atoms with Gasteiger partial charge in [0.2, 0.25) is 0 Å². The van der Waals surface area contributed by atoms with Gasteiger partial charge in [0.05, 0.1) is 14.1 Å². The number of allylic oxidation sites excluding steroid dienone is 2. The fraction of sp³-hybridized carbons (Fsp3) is 0.333. The number of likely N-dealkylation sites (N-methyl/N-ethyl adjacent to an activating group) is 1. The van der Waals surface area contributed by atoms with Crippen LogP contribution in [0.3, 0.4) is 0 Å². The molecule has 0 saturated carbocycles. The van der Waals surface area contributed by atoms with E-state index in [4.69, 9.17) is 0 Å². The van der Waals surface area contributed by atoms with Crippen LogP contribution in [0.4, 0.5) is 0 Å². The summed E-state index contributed by atoms with van der Waals surface area (Å²) in [6, 6.07) is 14.1. The summed E-state index contributed by atoms with van der Waals surface area (Å²) in [5, 5.41) is 4.77. The lowest BCUT2D eigenvalue weighted by Gasteiger charge is -2.35. The molecule has 1 nitrogen and oxygen atoms in total. The van der Waals surface area contributed by atoms with Gasteiger partial charge in [-0.05, 0) is 50.9 Å². The molecule has 27 heavy (non-hydrogen) atoms. The van der Waals surface area contributed by atoms with Crippen molar-refractivity contribution in [3.63, 3.8) is 0 Å². The number of benzene rings is 2. The lowest BCUT2D eigenvalue weighted by atomic mass is 9.94. The monoisotopic (exact) mass is 389 g/mol. The first-order valence-electron chi connectivity index (χ1n) is 9.98. The molecule has 2 aromatic carbocycles. The lowest BCUT2D eigenvalue weighted by Crippen LogP contribution is -2.51. The van der Waals surface area contributed by atoms with Crippen molar-refractivity contribution in [1.82, 2.24) is 4.90 Å². The van der Waals surface area contributed by atoms with Gasteiger partial charge in [-0.25, -0.2) is 0 Å². The van der Waals surface area contributed by atoms with Gasteiger partial charge >= 0.3 is 0 Å². The first-order valence-corrected chi connectivity index (χ1v) is 16.5. The van der Waals surface area contributed by atoms with Gasteiger partial charge in [-0.1, -0.05) is 81.3 Å². The molecule has 0 aliphatic carbocycles. The predicted octanol–water partition coefficient (Wildman–Crippen LogP) is 5.10. The zero-order valence-electron chi connectivity index (χ0n) is 17.7. The topological polar surface area (TPSA) is 3.24 Å². The molecule has 1 atom stereocenters. The van der Waals surface area contributed by atoms with Gasteiger partial charge in [0.25, 0.3) is 0 Å². The third-order valence-electron chi connectivity index (χ3n) is 6.38. The number of rotatable bonds is 2. The first kappa shape index (κ1) is 18.5. The molecule has 2 aliphatic heterocycles. The van der Waals surface area contributed by atoms with Gasteiger partial charge in [0.15, 0.2) is 0 Å². The molecule has 0 aromatic heterocycles. The molecular weight excluding hydrogens is 358 g/mol. The van der Waals surface area contributed by atoms with Crippen LogP contribution in [0.5, 0.6) is 0 Å². The van der Waals surface area contributed by atoms with Gasteiger partial charge in [0.1, 0.15) is 8.07 Å². The number of fused-ring (bicyclic) bond motifs is 3. The van der Waals surface area contributed by atoms with E-state index in [0.717, 1.165) is 0 Å². The predicted molar refractivity (Wildman–Crippen MR) is 124 cm³/mol.